The molecule has 0 saturated carbocycles. The van der Waals surface area contributed by atoms with E-state index >= 15 is 0 Å². The van der Waals surface area contributed by atoms with Crippen molar-refractivity contribution in [2.45, 2.75) is 33.0 Å². The summed E-state index contributed by atoms with van der Waals surface area (Å²) in [7, 11) is 0. The highest BCUT2D eigenvalue weighted by atomic mass is 79.9. The molecule has 0 radical (unpaired) electrons. The van der Waals surface area contributed by atoms with Gasteiger partial charge in [0.1, 0.15) is 16.6 Å². The number of hydrogen-bond acceptors (Lipinski definition) is 5. The molecule has 0 amide bonds. The zero-order valence-electron chi connectivity index (χ0n) is 11.8. The third-order valence-electron chi connectivity index (χ3n) is 2.94. The van der Waals surface area contributed by atoms with E-state index < -0.39 is 4.92 Å². The SMILES string of the molecule is CC(C)NCc1ncnn1Cc1cccc([N+](=O)[O-])c1Br. The molecule has 1 aromatic heterocycles. The maximum atomic E-state index is 11.0. The summed E-state index contributed by atoms with van der Waals surface area (Å²) in [5, 5.41) is 18.4. The second-order valence-corrected chi connectivity index (χ2v) is 5.67. The average molecular weight is 354 g/mol. The second kappa shape index (κ2) is 6.77. The Labute approximate surface area is 130 Å². The first-order valence-corrected chi connectivity index (χ1v) is 7.30. The predicted octanol–water partition coefficient (Wildman–Crippen LogP) is 2.50. The van der Waals surface area contributed by atoms with Crippen molar-refractivity contribution >= 4 is 21.6 Å². The van der Waals surface area contributed by atoms with Gasteiger partial charge in [-0.2, -0.15) is 5.10 Å². The third kappa shape index (κ3) is 3.85. The van der Waals surface area contributed by atoms with Gasteiger partial charge in [-0.25, -0.2) is 9.67 Å². The largest absolute Gasteiger partial charge is 0.308 e. The molecule has 21 heavy (non-hydrogen) atoms. The van der Waals surface area contributed by atoms with Crippen LogP contribution in [0, 0.1) is 10.1 Å². The van der Waals surface area contributed by atoms with Crippen LogP contribution in [0.2, 0.25) is 0 Å². The van der Waals surface area contributed by atoms with Crippen molar-refractivity contribution in [3.8, 4) is 0 Å². The van der Waals surface area contributed by atoms with Gasteiger partial charge < -0.3 is 5.32 Å². The van der Waals surface area contributed by atoms with Gasteiger partial charge in [-0.3, -0.25) is 10.1 Å². The van der Waals surface area contributed by atoms with Gasteiger partial charge in [0.25, 0.3) is 5.69 Å². The minimum atomic E-state index is -0.407. The number of nitrogens with zero attached hydrogens (tertiary/aromatic N) is 4. The molecule has 0 saturated heterocycles. The van der Waals surface area contributed by atoms with Crippen molar-refractivity contribution in [2.24, 2.45) is 0 Å². The van der Waals surface area contributed by atoms with Crippen LogP contribution in [0.15, 0.2) is 29.0 Å². The van der Waals surface area contributed by atoms with Crippen LogP contribution in [0.1, 0.15) is 25.2 Å². The number of nitrogens with one attached hydrogen (secondary N) is 1. The Morgan fingerprint density at radius 3 is 2.90 bits per heavy atom. The van der Waals surface area contributed by atoms with Crippen LogP contribution in [0.3, 0.4) is 0 Å². The van der Waals surface area contributed by atoms with Crippen LogP contribution in [-0.4, -0.2) is 25.7 Å². The van der Waals surface area contributed by atoms with Crippen LogP contribution < -0.4 is 5.32 Å². The van der Waals surface area contributed by atoms with Gasteiger partial charge in [0.15, 0.2) is 0 Å². The van der Waals surface area contributed by atoms with E-state index in [4.69, 9.17) is 0 Å². The minimum absolute atomic E-state index is 0.0504. The topological polar surface area (TPSA) is 85.9 Å². The van der Waals surface area contributed by atoms with E-state index in [1.165, 1.54) is 12.4 Å². The Bertz CT molecular complexity index is 641. The van der Waals surface area contributed by atoms with E-state index in [0.29, 0.717) is 23.6 Å². The zero-order chi connectivity index (χ0) is 15.4. The Kier molecular flexibility index (Phi) is 5.03. The smallest absolute Gasteiger partial charge is 0.283 e. The number of benzene rings is 1. The highest BCUT2D eigenvalue weighted by Gasteiger charge is 2.16. The molecule has 0 bridgehead atoms. The van der Waals surface area contributed by atoms with E-state index in [9.17, 15) is 10.1 Å². The van der Waals surface area contributed by atoms with E-state index in [1.54, 1.807) is 10.7 Å². The molecule has 0 aliphatic carbocycles. The van der Waals surface area contributed by atoms with Crippen molar-refractivity contribution in [3.63, 3.8) is 0 Å². The number of nitro benzene ring substituents is 1. The molecule has 2 aromatic rings. The molecular formula is C13H16BrN5O2. The maximum Gasteiger partial charge on any atom is 0.283 e. The Morgan fingerprint density at radius 2 is 2.24 bits per heavy atom. The molecule has 0 spiro atoms. The third-order valence-corrected chi connectivity index (χ3v) is 3.85. The lowest BCUT2D eigenvalue weighted by Crippen LogP contribution is -2.24. The van der Waals surface area contributed by atoms with Gasteiger partial charge in [0.2, 0.25) is 0 Å². The highest BCUT2D eigenvalue weighted by molar-refractivity contribution is 9.10. The summed E-state index contributed by atoms with van der Waals surface area (Å²) >= 11 is 3.30. The maximum absolute atomic E-state index is 11.0. The molecule has 0 unspecified atom stereocenters. The summed E-state index contributed by atoms with van der Waals surface area (Å²) in [5.74, 6) is 0.794. The van der Waals surface area contributed by atoms with Crippen LogP contribution >= 0.6 is 15.9 Å². The zero-order valence-corrected chi connectivity index (χ0v) is 13.4. The van der Waals surface area contributed by atoms with E-state index in [1.807, 2.05) is 6.07 Å². The van der Waals surface area contributed by atoms with Crippen molar-refractivity contribution < 1.29 is 4.92 Å². The molecule has 0 atom stereocenters. The Hall–Kier alpha value is -1.80. The standard InChI is InChI=1S/C13H16BrN5O2/c1-9(2)15-6-12-16-8-17-18(12)7-10-4-3-5-11(13(10)14)19(20)21/h3-5,8-9,15H,6-7H2,1-2H3. The first-order valence-electron chi connectivity index (χ1n) is 6.51. The van der Waals surface area contributed by atoms with E-state index in [2.05, 4.69) is 45.2 Å². The molecule has 2 rings (SSSR count). The van der Waals surface area contributed by atoms with Crippen LogP contribution in [-0.2, 0) is 13.1 Å². The molecule has 1 N–H and O–H groups in total. The number of hydrogen-bond donors (Lipinski definition) is 1. The second-order valence-electron chi connectivity index (χ2n) is 4.88. The van der Waals surface area contributed by atoms with Gasteiger partial charge >= 0.3 is 0 Å². The summed E-state index contributed by atoms with van der Waals surface area (Å²) in [6.45, 7) is 5.14. The van der Waals surface area contributed by atoms with Crippen LogP contribution in [0.5, 0.6) is 0 Å². The van der Waals surface area contributed by atoms with E-state index in [-0.39, 0.29) is 5.69 Å². The normalized spacial score (nSPS) is 11.0. The average Bonchev–Trinajstić information content (AvgIpc) is 2.85. The number of aromatic nitrogens is 3. The summed E-state index contributed by atoms with van der Waals surface area (Å²) < 4.78 is 2.22. The predicted molar refractivity (Wildman–Crippen MR) is 81.9 cm³/mol. The van der Waals surface area contributed by atoms with Gasteiger partial charge in [0, 0.05) is 12.1 Å². The van der Waals surface area contributed by atoms with Crippen LogP contribution in [0.25, 0.3) is 0 Å². The lowest BCUT2D eigenvalue weighted by molar-refractivity contribution is -0.385. The summed E-state index contributed by atoms with van der Waals surface area (Å²) in [6, 6.07) is 5.31. The molecule has 0 fully saturated rings. The van der Waals surface area contributed by atoms with Gasteiger partial charge in [-0.1, -0.05) is 26.0 Å². The van der Waals surface area contributed by atoms with Crippen molar-refractivity contribution in [3.05, 3.63) is 50.5 Å². The molecule has 0 aliphatic rings. The number of rotatable bonds is 6. The molecule has 112 valence electrons. The fourth-order valence-electron chi connectivity index (χ4n) is 1.84. The molecule has 0 aliphatic heterocycles. The minimum Gasteiger partial charge on any atom is -0.308 e. The monoisotopic (exact) mass is 353 g/mol. The number of halogens is 1. The first kappa shape index (κ1) is 15.6. The summed E-state index contributed by atoms with van der Waals surface area (Å²) in [4.78, 5) is 14.8. The van der Waals surface area contributed by atoms with Crippen LogP contribution in [0.4, 0.5) is 5.69 Å². The Morgan fingerprint density at radius 1 is 1.48 bits per heavy atom. The lowest BCUT2D eigenvalue weighted by atomic mass is 10.2. The molecule has 8 heteroatoms. The lowest BCUT2D eigenvalue weighted by Gasteiger charge is -2.10. The Balaban J connectivity index is 2.21. The van der Waals surface area contributed by atoms with Crippen molar-refractivity contribution in [2.75, 3.05) is 0 Å². The quantitative estimate of drug-likeness (QED) is 0.636. The summed E-state index contributed by atoms with van der Waals surface area (Å²) in [6.07, 6.45) is 1.49. The van der Waals surface area contributed by atoms with Crippen molar-refractivity contribution in [1.82, 2.24) is 20.1 Å². The number of nitro groups is 1. The molecule has 7 nitrogen and oxygen atoms in total. The molecule has 1 heterocycles. The fourth-order valence-corrected chi connectivity index (χ4v) is 2.38. The van der Waals surface area contributed by atoms with Crippen molar-refractivity contribution in [1.29, 1.82) is 0 Å². The molecule has 1 aromatic carbocycles. The van der Waals surface area contributed by atoms with Gasteiger partial charge in [-0.05, 0) is 21.5 Å². The highest BCUT2D eigenvalue weighted by Crippen LogP contribution is 2.28. The fraction of sp³-hybridized carbons (Fsp3) is 0.385. The van der Waals surface area contributed by atoms with Gasteiger partial charge in [-0.15, -0.1) is 0 Å². The summed E-state index contributed by atoms with van der Waals surface area (Å²) in [5.41, 5.74) is 0.843. The van der Waals surface area contributed by atoms with Gasteiger partial charge in [0.05, 0.1) is 18.0 Å². The first-order chi connectivity index (χ1) is 9.99. The van der Waals surface area contributed by atoms with E-state index in [0.717, 1.165) is 11.4 Å². The molecular weight excluding hydrogens is 338 g/mol.